The van der Waals surface area contributed by atoms with E-state index in [0.29, 0.717) is 21.3 Å². The van der Waals surface area contributed by atoms with Crippen molar-refractivity contribution < 1.29 is 9.59 Å². The number of rotatable bonds is 4. The standard InChI is InChI=1S/C14H14Cl2N4O2/c1-19(14(22)9-6-17-20(2)7-9)8-13(21)18-10-3-4-11(15)12(16)5-10/h3-7H,8H2,1-2H3,(H,18,21). The van der Waals surface area contributed by atoms with Crippen molar-refractivity contribution in [2.75, 3.05) is 18.9 Å². The number of amides is 2. The third-order valence-electron chi connectivity index (χ3n) is 2.88. The lowest BCUT2D eigenvalue weighted by atomic mass is 10.3. The number of hydrogen-bond donors (Lipinski definition) is 1. The zero-order chi connectivity index (χ0) is 16.3. The Balaban J connectivity index is 1.96. The number of carbonyl (C=O) groups excluding carboxylic acids is 2. The number of carbonyl (C=O) groups is 2. The van der Waals surface area contributed by atoms with Gasteiger partial charge in [-0.3, -0.25) is 14.3 Å². The van der Waals surface area contributed by atoms with Crippen molar-refractivity contribution in [1.82, 2.24) is 14.7 Å². The van der Waals surface area contributed by atoms with Gasteiger partial charge >= 0.3 is 0 Å². The lowest BCUT2D eigenvalue weighted by molar-refractivity contribution is -0.116. The van der Waals surface area contributed by atoms with Gasteiger partial charge in [-0.25, -0.2) is 0 Å². The molecule has 1 aromatic heterocycles. The minimum atomic E-state index is -0.335. The summed E-state index contributed by atoms with van der Waals surface area (Å²) >= 11 is 11.7. The Morgan fingerprint density at radius 3 is 2.64 bits per heavy atom. The van der Waals surface area contributed by atoms with E-state index in [1.54, 1.807) is 38.5 Å². The van der Waals surface area contributed by atoms with Gasteiger partial charge in [-0.15, -0.1) is 0 Å². The summed E-state index contributed by atoms with van der Waals surface area (Å²) in [5.74, 6) is -0.615. The molecule has 0 aliphatic rings. The molecule has 0 radical (unpaired) electrons. The summed E-state index contributed by atoms with van der Waals surface area (Å²) in [6.07, 6.45) is 3.05. The highest BCUT2D eigenvalue weighted by atomic mass is 35.5. The first kappa shape index (κ1) is 16.3. The number of hydrogen-bond acceptors (Lipinski definition) is 3. The second-order valence-electron chi connectivity index (χ2n) is 4.74. The first-order chi connectivity index (χ1) is 10.4. The normalized spacial score (nSPS) is 10.4. The first-order valence-electron chi connectivity index (χ1n) is 6.36. The van der Waals surface area contributed by atoms with Crippen LogP contribution in [0.3, 0.4) is 0 Å². The molecule has 0 unspecified atom stereocenters. The van der Waals surface area contributed by atoms with Crippen molar-refractivity contribution in [3.8, 4) is 0 Å². The lowest BCUT2D eigenvalue weighted by Crippen LogP contribution is -2.34. The van der Waals surface area contributed by atoms with Gasteiger partial charge in [-0.05, 0) is 18.2 Å². The molecule has 2 rings (SSSR count). The van der Waals surface area contributed by atoms with Crippen LogP contribution in [0.25, 0.3) is 0 Å². The minimum absolute atomic E-state index is 0.0893. The molecule has 22 heavy (non-hydrogen) atoms. The van der Waals surface area contributed by atoms with E-state index in [1.165, 1.54) is 15.8 Å². The Labute approximate surface area is 137 Å². The molecule has 0 aliphatic heterocycles. The summed E-state index contributed by atoms with van der Waals surface area (Å²) in [6.45, 7) is -0.0893. The highest BCUT2D eigenvalue weighted by Gasteiger charge is 2.16. The number of aromatic nitrogens is 2. The highest BCUT2D eigenvalue weighted by Crippen LogP contribution is 2.24. The Kier molecular flexibility index (Phi) is 5.05. The maximum atomic E-state index is 12.1. The zero-order valence-electron chi connectivity index (χ0n) is 12.0. The maximum absolute atomic E-state index is 12.1. The summed E-state index contributed by atoms with van der Waals surface area (Å²) in [5.41, 5.74) is 0.939. The smallest absolute Gasteiger partial charge is 0.257 e. The molecule has 0 bridgehead atoms. The Bertz CT molecular complexity index is 715. The summed E-state index contributed by atoms with van der Waals surface area (Å²) < 4.78 is 1.52. The molecule has 8 heteroatoms. The number of aryl methyl sites for hydroxylation is 1. The molecule has 1 N–H and O–H groups in total. The molecule has 2 aromatic rings. The number of likely N-dealkylation sites (N-methyl/N-ethyl adjacent to an activating group) is 1. The molecule has 2 amide bonds. The van der Waals surface area contributed by atoms with Gasteiger partial charge in [0.25, 0.3) is 5.91 Å². The average Bonchev–Trinajstić information content (AvgIpc) is 2.88. The van der Waals surface area contributed by atoms with Crippen molar-refractivity contribution in [2.45, 2.75) is 0 Å². The predicted octanol–water partition coefficient (Wildman–Crippen LogP) is 2.44. The largest absolute Gasteiger partial charge is 0.332 e. The summed E-state index contributed by atoms with van der Waals surface area (Å²) in [7, 11) is 3.26. The van der Waals surface area contributed by atoms with Crippen molar-refractivity contribution >= 4 is 40.7 Å². The van der Waals surface area contributed by atoms with E-state index in [4.69, 9.17) is 23.2 Å². The minimum Gasteiger partial charge on any atom is -0.332 e. The second kappa shape index (κ2) is 6.81. The molecule has 0 fully saturated rings. The van der Waals surface area contributed by atoms with Crippen LogP contribution < -0.4 is 5.32 Å². The van der Waals surface area contributed by atoms with E-state index >= 15 is 0 Å². The molecule has 0 aliphatic carbocycles. The molecule has 1 aromatic carbocycles. The van der Waals surface area contributed by atoms with Gasteiger partial charge in [0.1, 0.15) is 0 Å². The molecule has 6 nitrogen and oxygen atoms in total. The molecular weight excluding hydrogens is 327 g/mol. The number of benzene rings is 1. The van der Waals surface area contributed by atoms with Crippen LogP contribution >= 0.6 is 23.2 Å². The van der Waals surface area contributed by atoms with Crippen molar-refractivity contribution in [1.29, 1.82) is 0 Å². The van der Waals surface area contributed by atoms with Gasteiger partial charge in [0.05, 0.1) is 28.4 Å². The van der Waals surface area contributed by atoms with Gasteiger partial charge in [-0.2, -0.15) is 5.10 Å². The van der Waals surface area contributed by atoms with E-state index < -0.39 is 0 Å². The van der Waals surface area contributed by atoms with E-state index in [2.05, 4.69) is 10.4 Å². The fourth-order valence-electron chi connectivity index (χ4n) is 1.81. The molecule has 0 saturated heterocycles. The lowest BCUT2D eigenvalue weighted by Gasteiger charge is -2.16. The van der Waals surface area contributed by atoms with E-state index in [9.17, 15) is 9.59 Å². The van der Waals surface area contributed by atoms with E-state index in [1.807, 2.05) is 0 Å². The SMILES string of the molecule is CN(CC(=O)Nc1ccc(Cl)c(Cl)c1)C(=O)c1cnn(C)c1. The van der Waals surface area contributed by atoms with Gasteiger partial charge in [0.2, 0.25) is 5.91 Å². The van der Waals surface area contributed by atoms with Gasteiger partial charge in [0.15, 0.2) is 0 Å². The molecule has 0 saturated carbocycles. The van der Waals surface area contributed by atoms with Gasteiger partial charge in [-0.1, -0.05) is 23.2 Å². The van der Waals surface area contributed by atoms with Crippen LogP contribution in [-0.2, 0) is 11.8 Å². The second-order valence-corrected chi connectivity index (χ2v) is 5.56. The number of anilines is 1. The topological polar surface area (TPSA) is 67.2 Å². The van der Waals surface area contributed by atoms with Gasteiger partial charge < -0.3 is 10.2 Å². The Hall–Kier alpha value is -2.05. The number of nitrogens with zero attached hydrogens (tertiary/aromatic N) is 3. The monoisotopic (exact) mass is 340 g/mol. The third-order valence-corrected chi connectivity index (χ3v) is 3.62. The van der Waals surface area contributed by atoms with Crippen LogP contribution in [0.5, 0.6) is 0 Å². The van der Waals surface area contributed by atoms with Gasteiger partial charge in [0, 0.05) is 26.0 Å². The van der Waals surface area contributed by atoms with Crippen molar-refractivity contribution in [2.24, 2.45) is 7.05 Å². The quantitative estimate of drug-likeness (QED) is 0.929. The Morgan fingerprint density at radius 2 is 2.05 bits per heavy atom. The van der Waals surface area contributed by atoms with Crippen LogP contribution in [0, 0.1) is 0 Å². The molecule has 116 valence electrons. The fraction of sp³-hybridized carbons (Fsp3) is 0.214. The number of halogens is 2. The van der Waals surface area contributed by atoms with E-state index in [-0.39, 0.29) is 18.4 Å². The van der Waals surface area contributed by atoms with Crippen molar-refractivity contribution in [3.63, 3.8) is 0 Å². The average molecular weight is 341 g/mol. The van der Waals surface area contributed by atoms with Crippen LogP contribution in [0.15, 0.2) is 30.6 Å². The van der Waals surface area contributed by atoms with Crippen LogP contribution in [-0.4, -0.2) is 40.1 Å². The molecular formula is C14H14Cl2N4O2. The predicted molar refractivity (Wildman–Crippen MR) is 85.3 cm³/mol. The molecule has 0 spiro atoms. The van der Waals surface area contributed by atoms with Crippen LogP contribution in [0.2, 0.25) is 10.0 Å². The highest BCUT2D eigenvalue weighted by molar-refractivity contribution is 6.42. The van der Waals surface area contributed by atoms with E-state index in [0.717, 1.165) is 0 Å². The fourth-order valence-corrected chi connectivity index (χ4v) is 2.11. The van der Waals surface area contributed by atoms with Crippen LogP contribution in [0.4, 0.5) is 5.69 Å². The first-order valence-corrected chi connectivity index (χ1v) is 7.11. The molecule has 1 heterocycles. The summed E-state index contributed by atoms with van der Waals surface area (Å²) in [6, 6.07) is 4.77. The number of nitrogens with one attached hydrogen (secondary N) is 1. The van der Waals surface area contributed by atoms with Crippen molar-refractivity contribution in [3.05, 3.63) is 46.2 Å². The summed E-state index contributed by atoms with van der Waals surface area (Å²) in [5, 5.41) is 7.33. The molecule has 0 atom stereocenters. The zero-order valence-corrected chi connectivity index (χ0v) is 13.5. The third kappa shape index (κ3) is 3.99. The summed E-state index contributed by atoms with van der Waals surface area (Å²) in [4.78, 5) is 25.4. The Morgan fingerprint density at radius 1 is 1.32 bits per heavy atom. The maximum Gasteiger partial charge on any atom is 0.257 e. The van der Waals surface area contributed by atoms with Crippen LogP contribution in [0.1, 0.15) is 10.4 Å².